The van der Waals surface area contributed by atoms with E-state index in [4.69, 9.17) is 20.2 Å². The summed E-state index contributed by atoms with van der Waals surface area (Å²) < 4.78 is 44.0. The molecule has 0 atom stereocenters. The molecule has 1 amide bonds. The predicted octanol–water partition coefficient (Wildman–Crippen LogP) is 14.2. The fraction of sp³-hybridized carbons (Fsp3) is 0.516. The number of nitrogens with zero attached hydrogens (tertiary/aromatic N) is 8. The molecule has 6 aromatic rings. The van der Waals surface area contributed by atoms with E-state index in [-0.39, 0.29) is 42.2 Å². The SMILES string of the molecule is CC(C)(C)C1CCN(c2c(N)cccc2F)CC1.Cc1cc(-c2cn(COCC[Si](C)(C)C)c(C(=O)Nc3cccc(F)c3N3CCC(C(C)(C)C)CC3)n2)ccn1.Cc1cc(-c2cn(COCC[Si](C)(C)C)c(C(=O)O)n2)ccn1. The lowest BCUT2D eigenvalue weighted by atomic mass is 9.75. The molecule has 2 fully saturated rings. The average molecular weight is 1150 g/mol. The first-order valence-electron chi connectivity index (χ1n) is 28.5. The van der Waals surface area contributed by atoms with E-state index in [1.165, 1.54) is 16.7 Å². The molecule has 0 aliphatic carbocycles. The van der Waals surface area contributed by atoms with E-state index in [1.807, 2.05) is 44.3 Å². The minimum Gasteiger partial charge on any atom is -0.475 e. The van der Waals surface area contributed by atoms with Crippen LogP contribution in [0.4, 0.5) is 31.5 Å². The number of aromatic carboxylic acids is 1. The number of benzene rings is 2. The zero-order chi connectivity index (χ0) is 59.5. The van der Waals surface area contributed by atoms with E-state index >= 15 is 4.39 Å². The number of pyridine rings is 2. The van der Waals surface area contributed by atoms with E-state index in [1.54, 1.807) is 47.4 Å². The quantitative estimate of drug-likeness (QED) is 0.0448. The van der Waals surface area contributed by atoms with E-state index in [9.17, 15) is 19.1 Å². The van der Waals surface area contributed by atoms with Crippen LogP contribution in [0, 0.1) is 48.1 Å². The molecule has 0 saturated carbocycles. The van der Waals surface area contributed by atoms with Crippen molar-refractivity contribution in [2.24, 2.45) is 22.7 Å². The average Bonchev–Trinajstić information content (AvgIpc) is 4.24. The van der Waals surface area contributed by atoms with Crippen LogP contribution in [-0.2, 0) is 22.9 Å². The van der Waals surface area contributed by atoms with Gasteiger partial charge in [-0.2, -0.15) is 0 Å². The molecule has 2 aliphatic rings. The van der Waals surface area contributed by atoms with Crippen molar-refractivity contribution in [1.29, 1.82) is 0 Å². The highest BCUT2D eigenvalue weighted by Gasteiger charge is 2.32. The fourth-order valence-electron chi connectivity index (χ4n) is 10.1. The molecule has 81 heavy (non-hydrogen) atoms. The number of hydrogen-bond acceptors (Lipinski definition) is 11. The van der Waals surface area contributed by atoms with Gasteiger partial charge in [0.25, 0.3) is 5.91 Å². The van der Waals surface area contributed by atoms with Crippen molar-refractivity contribution in [2.45, 2.75) is 146 Å². The Morgan fingerprint density at radius 3 is 1.49 bits per heavy atom. The lowest BCUT2D eigenvalue weighted by molar-refractivity contribution is 0.0613. The highest BCUT2D eigenvalue weighted by atomic mass is 28.3. The number of nitrogens with two attached hydrogens (primary N) is 1. The monoisotopic (exact) mass is 1150 g/mol. The summed E-state index contributed by atoms with van der Waals surface area (Å²) in [6, 6.07) is 19.3. The molecule has 6 heterocycles. The van der Waals surface area contributed by atoms with Crippen LogP contribution in [0.1, 0.15) is 99.9 Å². The number of ether oxygens (including phenoxy) is 2. The highest BCUT2D eigenvalue weighted by Crippen LogP contribution is 2.40. The van der Waals surface area contributed by atoms with Gasteiger partial charge in [-0.05, 0) is 123 Å². The molecule has 4 N–H and O–H groups in total. The summed E-state index contributed by atoms with van der Waals surface area (Å²) in [6.45, 7) is 36.1. The van der Waals surface area contributed by atoms with Crippen molar-refractivity contribution >= 4 is 50.8 Å². The third kappa shape index (κ3) is 18.9. The first-order chi connectivity index (χ1) is 38.0. The normalized spacial score (nSPS) is 14.7. The Kier molecular flexibility index (Phi) is 21.8. The molecule has 4 aromatic heterocycles. The number of carbonyl (C=O) groups excluding carboxylic acids is 1. The molecule has 8 rings (SSSR count). The van der Waals surface area contributed by atoms with Gasteiger partial charge in [0.05, 0.1) is 34.1 Å². The number of para-hydroxylation sites is 2. The maximum Gasteiger partial charge on any atom is 0.372 e. The summed E-state index contributed by atoms with van der Waals surface area (Å²) in [5.41, 5.74) is 13.2. The number of piperidine rings is 2. The number of rotatable bonds is 17. The smallest absolute Gasteiger partial charge is 0.372 e. The molecule has 15 nitrogen and oxygen atoms in total. The molecular formula is C62H90F2N10O5Si2. The number of amides is 1. The van der Waals surface area contributed by atoms with Crippen molar-refractivity contribution < 1.29 is 33.0 Å². The van der Waals surface area contributed by atoms with Gasteiger partial charge in [-0.15, -0.1) is 0 Å². The van der Waals surface area contributed by atoms with Gasteiger partial charge in [-0.25, -0.2) is 23.5 Å². The minimum atomic E-state index is -1.26. The predicted molar refractivity (Wildman–Crippen MR) is 330 cm³/mol. The Morgan fingerprint density at radius 1 is 0.654 bits per heavy atom. The van der Waals surface area contributed by atoms with Crippen molar-refractivity contribution in [3.05, 3.63) is 120 Å². The molecule has 0 radical (unpaired) electrons. The molecular weight excluding hydrogens is 1060 g/mol. The topological polar surface area (TPSA) is 179 Å². The van der Waals surface area contributed by atoms with Crippen molar-refractivity contribution in [1.82, 2.24) is 29.1 Å². The molecule has 0 spiro atoms. The summed E-state index contributed by atoms with van der Waals surface area (Å²) >= 11 is 0. The minimum absolute atomic E-state index is 0.0116. The molecule has 2 aromatic carbocycles. The van der Waals surface area contributed by atoms with E-state index < -0.39 is 28.0 Å². The number of anilines is 4. The number of nitrogens with one attached hydrogen (secondary N) is 1. The van der Waals surface area contributed by atoms with Crippen LogP contribution in [0.15, 0.2) is 85.5 Å². The molecule has 0 bridgehead atoms. The highest BCUT2D eigenvalue weighted by molar-refractivity contribution is 6.76. The second-order valence-electron chi connectivity index (χ2n) is 26.2. The van der Waals surface area contributed by atoms with Crippen LogP contribution in [0.5, 0.6) is 0 Å². The third-order valence-electron chi connectivity index (χ3n) is 15.1. The van der Waals surface area contributed by atoms with E-state index in [0.717, 1.165) is 86.5 Å². The lowest BCUT2D eigenvalue weighted by Crippen LogP contribution is -2.39. The molecule has 19 heteroatoms. The van der Waals surface area contributed by atoms with Gasteiger partial charge in [0, 0.05) is 103 Å². The number of carboxylic acid groups (broad SMARTS) is 1. The summed E-state index contributed by atoms with van der Waals surface area (Å²) in [4.78, 5) is 46.5. The number of hydrogen-bond donors (Lipinski definition) is 3. The van der Waals surface area contributed by atoms with Crippen molar-refractivity contribution in [3.63, 3.8) is 0 Å². The zero-order valence-electron chi connectivity index (χ0n) is 50.6. The molecule has 440 valence electrons. The summed E-state index contributed by atoms with van der Waals surface area (Å²) in [7, 11) is -2.41. The van der Waals surface area contributed by atoms with Gasteiger partial charge in [0.15, 0.2) is 0 Å². The summed E-state index contributed by atoms with van der Waals surface area (Å²) in [6.07, 6.45) is 11.2. The number of aryl methyl sites for hydroxylation is 2. The van der Waals surface area contributed by atoms with Crippen LogP contribution >= 0.6 is 0 Å². The second kappa shape index (κ2) is 27.7. The lowest BCUT2D eigenvalue weighted by Gasteiger charge is -2.40. The summed E-state index contributed by atoms with van der Waals surface area (Å²) in [5.74, 6) is -0.499. The van der Waals surface area contributed by atoms with Gasteiger partial charge in [-0.1, -0.05) is 93.0 Å². The number of nitrogen functional groups attached to an aromatic ring is 1. The van der Waals surface area contributed by atoms with Crippen LogP contribution in [0.25, 0.3) is 22.5 Å². The first-order valence-corrected chi connectivity index (χ1v) is 35.9. The number of halogens is 2. The summed E-state index contributed by atoms with van der Waals surface area (Å²) in [5, 5.41) is 12.3. The number of carbonyl (C=O) groups is 2. The van der Waals surface area contributed by atoms with Gasteiger partial charge in [0.1, 0.15) is 25.1 Å². The maximum atomic E-state index is 15.2. The molecule has 0 unspecified atom stereocenters. The number of aromatic nitrogens is 6. The maximum absolute atomic E-state index is 15.2. The standard InChI is InChI=1S/C31H44FN5O2Si.C16H23N3O3Si.C15H23FN2/c1-22-19-23(11-14-33-22)27-20-37(21-39-17-18-40(5,6)7)29(34-27)30(38)35-26-10-8-9-25(32)28(26)36-15-12-24(13-16-36)31(2,3)4;1-12-9-13(5-6-17-12)14-10-19(15(18-14)16(20)21)11-22-7-8-23(2,3)4;1-15(2,3)11-7-9-18(10-8-11)14-12(16)5-4-6-13(14)17/h8-11,14,19-20,24H,12-13,15-18,21H2,1-7H3,(H,35,38);5-6,9-10H,7-8,11H2,1-4H3,(H,20,21);4-6,11H,7-10,17H2,1-3H3. The number of carboxylic acids is 1. The molecule has 2 saturated heterocycles. The van der Waals surface area contributed by atoms with E-state index in [0.29, 0.717) is 64.6 Å². The Morgan fingerprint density at radius 2 is 1.07 bits per heavy atom. The Labute approximate surface area is 482 Å². The van der Waals surface area contributed by atoms with Crippen LogP contribution in [0.2, 0.25) is 51.4 Å². The van der Waals surface area contributed by atoms with Gasteiger partial charge >= 0.3 is 5.97 Å². The van der Waals surface area contributed by atoms with Gasteiger partial charge in [-0.3, -0.25) is 14.8 Å². The largest absolute Gasteiger partial charge is 0.475 e. The first kappa shape index (κ1) is 63.9. The van der Waals surface area contributed by atoms with Crippen LogP contribution < -0.4 is 20.9 Å². The van der Waals surface area contributed by atoms with E-state index in [2.05, 4.69) is 111 Å². The third-order valence-corrected chi connectivity index (χ3v) is 18.5. The Balaban J connectivity index is 0.000000217. The Hall–Kier alpha value is -6.29. The molecule has 2 aliphatic heterocycles. The van der Waals surface area contributed by atoms with Crippen LogP contribution in [-0.4, -0.2) is 102 Å². The zero-order valence-corrected chi connectivity index (χ0v) is 52.6. The van der Waals surface area contributed by atoms with Crippen molar-refractivity contribution in [3.8, 4) is 22.5 Å². The fourth-order valence-corrected chi connectivity index (χ4v) is 11.6. The van der Waals surface area contributed by atoms with Gasteiger partial charge in [0.2, 0.25) is 11.6 Å². The van der Waals surface area contributed by atoms with Crippen LogP contribution in [0.3, 0.4) is 0 Å². The van der Waals surface area contributed by atoms with Crippen molar-refractivity contribution in [2.75, 3.05) is 60.2 Å². The second-order valence-corrected chi connectivity index (χ2v) is 37.5. The number of imidazole rings is 2. The van der Waals surface area contributed by atoms with Gasteiger partial charge < -0.3 is 44.6 Å². The Bertz CT molecular complexity index is 3010.